The molecule has 9 heteroatoms. The lowest BCUT2D eigenvalue weighted by atomic mass is 10.1. The van der Waals surface area contributed by atoms with Gasteiger partial charge in [-0.1, -0.05) is 51.8 Å². The first-order valence-corrected chi connectivity index (χ1v) is 15.3. The molecule has 1 saturated carbocycles. The summed E-state index contributed by atoms with van der Waals surface area (Å²) in [5.41, 5.74) is 11.0. The third-order valence-electron chi connectivity index (χ3n) is 6.34. The highest BCUT2D eigenvalue weighted by molar-refractivity contribution is 5.97. The average molecular weight is 619 g/mol. The van der Waals surface area contributed by atoms with Crippen LogP contribution in [-0.2, 0) is 16.1 Å². The Morgan fingerprint density at radius 3 is 2.18 bits per heavy atom. The number of rotatable bonds is 11. The lowest BCUT2D eigenvalue weighted by Gasteiger charge is -2.11. The summed E-state index contributed by atoms with van der Waals surface area (Å²) in [7, 11) is 3.25. The number of amides is 1. The summed E-state index contributed by atoms with van der Waals surface area (Å²) < 4.78 is 6.38. The van der Waals surface area contributed by atoms with E-state index < -0.39 is 0 Å². The number of carbonyl (C=O) groups is 1. The second kappa shape index (κ2) is 23.0. The van der Waals surface area contributed by atoms with E-state index >= 15 is 0 Å². The van der Waals surface area contributed by atoms with Gasteiger partial charge in [0.15, 0.2) is 0 Å². The molecule has 0 saturated heterocycles. The number of nitrogens with two attached hydrogens (primary N) is 1. The summed E-state index contributed by atoms with van der Waals surface area (Å²) in [6.07, 6.45) is 17.1. The number of phenolic OH excluding ortho intramolecular Hbond substituents is 1. The van der Waals surface area contributed by atoms with Gasteiger partial charge in [-0.2, -0.15) is 0 Å². The smallest absolute Gasteiger partial charge is 0.224 e. The summed E-state index contributed by atoms with van der Waals surface area (Å²) in [6, 6.07) is 7.02. The van der Waals surface area contributed by atoms with Gasteiger partial charge in [-0.15, -0.1) is 12.3 Å². The molecule has 0 spiro atoms. The predicted molar refractivity (Wildman–Crippen MR) is 188 cm³/mol. The van der Waals surface area contributed by atoms with E-state index in [9.17, 15) is 9.90 Å². The molecule has 0 aliphatic heterocycles. The van der Waals surface area contributed by atoms with E-state index in [1.807, 2.05) is 27.0 Å². The fourth-order valence-electron chi connectivity index (χ4n) is 3.62. The van der Waals surface area contributed by atoms with Gasteiger partial charge < -0.3 is 36.3 Å². The van der Waals surface area contributed by atoms with Crippen molar-refractivity contribution in [1.29, 1.82) is 10.8 Å². The van der Waals surface area contributed by atoms with Crippen LogP contribution in [0.15, 0.2) is 53.9 Å². The van der Waals surface area contributed by atoms with Gasteiger partial charge in [0.1, 0.15) is 11.6 Å². The Balaban J connectivity index is 0.00000153. The highest BCUT2D eigenvalue weighted by atomic mass is 16.4. The molecule has 9 nitrogen and oxygen atoms in total. The Morgan fingerprint density at radius 1 is 1.18 bits per heavy atom. The molecule has 246 valence electrons. The minimum Gasteiger partial charge on any atom is -0.508 e. The molecule has 2 aromatic rings. The third kappa shape index (κ3) is 16.3. The predicted octanol–water partition coefficient (Wildman–Crippen LogP) is 7.44. The molecule has 0 radical (unpaired) electrons. The van der Waals surface area contributed by atoms with Crippen molar-refractivity contribution >= 4 is 29.0 Å². The van der Waals surface area contributed by atoms with Crippen molar-refractivity contribution in [2.75, 3.05) is 14.2 Å². The lowest BCUT2D eigenvalue weighted by Crippen LogP contribution is -2.22. The number of ether oxygens (including phenoxy) is 1. The van der Waals surface area contributed by atoms with Crippen LogP contribution in [0.4, 0.5) is 0 Å². The summed E-state index contributed by atoms with van der Waals surface area (Å²) >= 11 is 0. The number of carbonyl (C=O) groups excluding carboxylic acids is 1. The topological polar surface area (TPSA) is 150 Å². The number of nitrogens with zero attached hydrogens (tertiary/aromatic N) is 2. The van der Waals surface area contributed by atoms with Gasteiger partial charge in [0, 0.05) is 74.6 Å². The quantitative estimate of drug-likeness (QED) is 0.101. The maximum Gasteiger partial charge on any atom is 0.224 e. The number of imidazole rings is 1. The molecular weight excluding hydrogens is 564 g/mol. The first kappa shape index (κ1) is 40.6. The fraction of sp³-hybridized carbons (Fsp3) is 0.444. The number of terminal acetylenes is 1. The zero-order chi connectivity index (χ0) is 34.4. The summed E-state index contributed by atoms with van der Waals surface area (Å²) in [4.78, 5) is 17.1. The van der Waals surface area contributed by atoms with Crippen molar-refractivity contribution < 1.29 is 14.6 Å². The van der Waals surface area contributed by atoms with Crippen molar-refractivity contribution in [1.82, 2.24) is 14.9 Å². The maximum absolute atomic E-state index is 12.3. The number of hydrogen-bond donors (Lipinski definition) is 5. The molecule has 0 bridgehead atoms. The molecule has 1 amide bonds. The van der Waals surface area contributed by atoms with Gasteiger partial charge in [-0.05, 0) is 63.0 Å². The van der Waals surface area contributed by atoms with E-state index in [4.69, 9.17) is 28.0 Å². The number of phenols is 1. The van der Waals surface area contributed by atoms with Gasteiger partial charge in [0.2, 0.25) is 5.91 Å². The number of unbranched alkanes of at least 4 members (excludes halogenated alkanes) is 1. The summed E-state index contributed by atoms with van der Waals surface area (Å²) in [5, 5.41) is 27.8. The summed E-state index contributed by atoms with van der Waals surface area (Å²) in [5.74, 6) is 3.17. The van der Waals surface area contributed by atoms with Crippen molar-refractivity contribution in [3.63, 3.8) is 0 Å². The van der Waals surface area contributed by atoms with E-state index in [0.717, 1.165) is 47.5 Å². The Labute approximate surface area is 270 Å². The molecule has 1 aliphatic carbocycles. The van der Waals surface area contributed by atoms with Crippen LogP contribution in [0.3, 0.4) is 0 Å². The molecule has 45 heavy (non-hydrogen) atoms. The molecule has 1 aromatic carbocycles. The largest absolute Gasteiger partial charge is 0.508 e. The monoisotopic (exact) mass is 618 g/mol. The van der Waals surface area contributed by atoms with Gasteiger partial charge in [0.25, 0.3) is 0 Å². The van der Waals surface area contributed by atoms with Crippen LogP contribution >= 0.6 is 0 Å². The second-order valence-electron chi connectivity index (χ2n) is 10.6. The number of allylic oxidation sites excluding steroid dienone is 4. The molecule has 0 atom stereocenters. The standard InChI is InChI=1S/C26H32N6O2.C4H10.C4H6.C2H6O/c1-16(12-17(2)28)24-15-32(20-6-7-20)26(31-24)18(3)22(13-27)23(29)10-11-25(34)30-14-19-4-8-21(33)9-5-19;2*1-3-4-2;1-3-2/h4-5,8-10,12-13,15,20,27-28,33H,6-7,11,14,29H2,1-3H3,(H,30,34);3-4H2,1-2H3;1H,4H2,2H3;1-2H3/b16-12+,22-18+,23-10+,27-13?,28-17?;;;. The van der Waals surface area contributed by atoms with Gasteiger partial charge in [-0.3, -0.25) is 4.79 Å². The third-order valence-corrected chi connectivity index (χ3v) is 6.34. The van der Waals surface area contributed by atoms with Crippen molar-refractivity contribution in [3.8, 4) is 18.1 Å². The van der Waals surface area contributed by atoms with Gasteiger partial charge in [-0.25, -0.2) is 4.98 Å². The minimum atomic E-state index is -0.192. The molecule has 3 rings (SSSR count). The van der Waals surface area contributed by atoms with E-state index in [-0.39, 0.29) is 18.1 Å². The summed E-state index contributed by atoms with van der Waals surface area (Å²) in [6.45, 7) is 12.2. The van der Waals surface area contributed by atoms with Crippen LogP contribution in [-0.4, -0.2) is 46.7 Å². The molecule has 6 N–H and O–H groups in total. The van der Waals surface area contributed by atoms with Crippen LogP contribution in [0, 0.1) is 23.2 Å². The second-order valence-corrected chi connectivity index (χ2v) is 10.6. The minimum absolute atomic E-state index is 0.0807. The van der Waals surface area contributed by atoms with E-state index in [2.05, 4.69) is 34.4 Å². The number of methoxy groups -OCH3 is 1. The fourth-order valence-corrected chi connectivity index (χ4v) is 3.62. The van der Waals surface area contributed by atoms with Crippen molar-refractivity contribution in [2.24, 2.45) is 5.73 Å². The van der Waals surface area contributed by atoms with E-state index in [1.165, 1.54) is 19.1 Å². The highest BCUT2D eigenvalue weighted by Gasteiger charge is 2.28. The molecule has 1 fully saturated rings. The van der Waals surface area contributed by atoms with Crippen molar-refractivity contribution in [2.45, 2.75) is 92.7 Å². The van der Waals surface area contributed by atoms with E-state index in [0.29, 0.717) is 29.6 Å². The van der Waals surface area contributed by atoms with E-state index in [1.54, 1.807) is 57.6 Å². The Bertz CT molecular complexity index is 1340. The average Bonchev–Trinajstić information content (AvgIpc) is 3.77. The SMILES string of the molecule is C#CCC.CC(=N)/C=C(\C)c1cn(C2CC2)c(/C(C)=C(C=N)/C(N)=C\CC(=O)NCc2ccc(O)cc2)n1.CCCC.COC. The van der Waals surface area contributed by atoms with Crippen molar-refractivity contribution in [3.05, 3.63) is 71.0 Å². The number of aromatic nitrogens is 2. The number of hydrogen-bond acceptors (Lipinski definition) is 7. The highest BCUT2D eigenvalue weighted by Crippen LogP contribution is 2.38. The lowest BCUT2D eigenvalue weighted by molar-refractivity contribution is -0.120. The normalized spacial score (nSPS) is 12.9. The number of aromatic hydroxyl groups is 1. The Morgan fingerprint density at radius 2 is 1.73 bits per heavy atom. The number of nitrogens with one attached hydrogen (secondary N) is 3. The van der Waals surface area contributed by atoms with Crippen LogP contribution in [0.2, 0.25) is 0 Å². The van der Waals surface area contributed by atoms with Gasteiger partial charge in [0.05, 0.1) is 5.69 Å². The first-order valence-electron chi connectivity index (χ1n) is 15.3. The van der Waals surface area contributed by atoms with Crippen LogP contribution < -0.4 is 11.1 Å². The molecule has 1 aromatic heterocycles. The molecule has 1 aliphatic rings. The molecular formula is C36H54N6O3. The molecule has 1 heterocycles. The first-order chi connectivity index (χ1) is 21.4. The van der Waals surface area contributed by atoms with Crippen LogP contribution in [0.25, 0.3) is 11.1 Å². The van der Waals surface area contributed by atoms with Crippen LogP contribution in [0.1, 0.15) is 103 Å². The zero-order valence-electron chi connectivity index (χ0n) is 28.5. The van der Waals surface area contributed by atoms with Gasteiger partial charge >= 0.3 is 0 Å². The maximum atomic E-state index is 12.3. The molecule has 0 unspecified atom stereocenters. The number of benzene rings is 1. The zero-order valence-corrected chi connectivity index (χ0v) is 28.5. The van der Waals surface area contributed by atoms with Crippen LogP contribution in [0.5, 0.6) is 5.75 Å². The Kier molecular flexibility index (Phi) is 20.8. The Hall–Kier alpha value is -4.42.